The van der Waals surface area contributed by atoms with Gasteiger partial charge in [0, 0.05) is 55.1 Å². The van der Waals surface area contributed by atoms with Crippen molar-refractivity contribution in [2.75, 3.05) is 52.5 Å². The molecule has 1 aliphatic carbocycles. The van der Waals surface area contributed by atoms with Crippen LogP contribution in [-0.4, -0.2) is 98.6 Å². The Morgan fingerprint density at radius 3 is 2.45 bits per heavy atom. The molecule has 3 heterocycles. The molecule has 38 heavy (non-hydrogen) atoms. The van der Waals surface area contributed by atoms with E-state index in [9.17, 15) is 18.7 Å². The fraction of sp³-hybridized carbons (Fsp3) is 0.462. The molecule has 2 saturated heterocycles. The Labute approximate surface area is 224 Å². The lowest BCUT2D eigenvalue weighted by atomic mass is 10.0. The molecule has 0 radical (unpaired) electrons. The van der Waals surface area contributed by atoms with Crippen molar-refractivity contribution in [3.05, 3.63) is 64.7 Å². The molecular weight excluding hydrogens is 540 g/mol. The largest absolute Gasteiger partial charge is 0.435 e. The molecule has 4 aliphatic rings. The van der Waals surface area contributed by atoms with E-state index in [1.54, 1.807) is 33.5 Å². The fourth-order valence-corrected chi connectivity index (χ4v) is 9.48. The van der Waals surface area contributed by atoms with Crippen LogP contribution in [-0.2, 0) is 19.2 Å². The van der Waals surface area contributed by atoms with E-state index in [0.717, 1.165) is 6.07 Å². The monoisotopic (exact) mass is 567 g/mol. The zero-order valence-corrected chi connectivity index (χ0v) is 22.1. The molecule has 2 unspecified atom stereocenters. The highest BCUT2D eigenvalue weighted by Crippen LogP contribution is 2.56. The van der Waals surface area contributed by atoms with Gasteiger partial charge in [-0.05, 0) is 42.0 Å². The number of hydrogen-bond donors (Lipinski definition) is 1. The van der Waals surface area contributed by atoms with Crippen molar-refractivity contribution in [2.45, 2.75) is 29.0 Å². The third-order valence-electron chi connectivity index (χ3n) is 7.82. The minimum absolute atomic E-state index is 0.0544. The lowest BCUT2D eigenvalue weighted by molar-refractivity contribution is -0.0605. The first-order chi connectivity index (χ1) is 18.3. The van der Waals surface area contributed by atoms with Crippen LogP contribution >= 0.6 is 11.6 Å². The summed E-state index contributed by atoms with van der Waals surface area (Å²) in [6, 6.07) is 8.59. The number of halogens is 3. The summed E-state index contributed by atoms with van der Waals surface area (Å²) in [5, 5.41) is 9.66. The predicted octanol–water partition coefficient (Wildman–Crippen LogP) is 2.69. The summed E-state index contributed by atoms with van der Waals surface area (Å²) in [7, 11) is -3.09. The molecule has 0 spiro atoms. The normalized spacial score (nSPS) is 31.2. The average Bonchev–Trinajstić information content (AvgIpc) is 3.59. The molecular formula is C26H28ClF2N3O5S. The van der Waals surface area contributed by atoms with E-state index in [2.05, 4.69) is 4.90 Å². The van der Waals surface area contributed by atoms with Crippen LogP contribution in [0.3, 0.4) is 0 Å². The van der Waals surface area contributed by atoms with Gasteiger partial charge < -0.3 is 19.5 Å². The molecule has 8 nitrogen and oxygen atoms in total. The van der Waals surface area contributed by atoms with Gasteiger partial charge in [-0.3, -0.25) is 4.90 Å². The lowest BCUT2D eigenvalue weighted by Gasteiger charge is -2.43. The van der Waals surface area contributed by atoms with Crippen LogP contribution in [0.4, 0.5) is 13.6 Å². The summed E-state index contributed by atoms with van der Waals surface area (Å²) in [5.74, 6) is -1.47. The second-order valence-corrected chi connectivity index (χ2v) is 12.9. The highest BCUT2D eigenvalue weighted by atomic mass is 35.5. The molecule has 12 heteroatoms. The zero-order chi connectivity index (χ0) is 26.7. The summed E-state index contributed by atoms with van der Waals surface area (Å²) in [4.78, 5) is 18.1. The van der Waals surface area contributed by atoms with E-state index in [1.807, 2.05) is 0 Å². The standard InChI is InChI=1S/C26H28ClF2N3O5S/c27-18-1-3-21(4-2-18)38(35)24-14-26(24,37-25(34)31-7-5-30(6-8-31)9-10-33)23-16-36-15-22(32(23)38)17-11-19(28)13-20(29)12-17/h1-4,11-13,22-23,33H,5-10,14-16H2/t22-,23+,26?,38?/m0/s1. The van der Waals surface area contributed by atoms with Gasteiger partial charge in [0.1, 0.15) is 11.6 Å². The van der Waals surface area contributed by atoms with Crippen LogP contribution in [0.25, 0.3) is 0 Å². The maximum absolute atomic E-state index is 15.0. The minimum atomic E-state index is -3.09. The maximum atomic E-state index is 15.0. The number of hydrogen-bond acceptors (Lipinski definition) is 6. The van der Waals surface area contributed by atoms with Crippen molar-refractivity contribution < 1.29 is 32.4 Å². The quantitative estimate of drug-likeness (QED) is 0.560. The second kappa shape index (κ2) is 9.72. The number of piperazine rings is 1. The number of β-amino-alcohol motifs (C(OH)–C–C–N with tert-alkyl or cyclic N) is 1. The minimum Gasteiger partial charge on any atom is -0.435 e. The topological polar surface area (TPSA) is 82.6 Å². The SMILES string of the molecule is O=C(OC12CC1=S(=O)(c1ccc(Cl)cc1)N1[C@H](c3cc(F)cc(F)c3)COC[C@@H]12)N1CCN(CCO)CC1. The molecule has 0 aromatic heterocycles. The van der Waals surface area contributed by atoms with Gasteiger partial charge in [0.25, 0.3) is 0 Å². The molecule has 2 aromatic carbocycles. The van der Waals surface area contributed by atoms with Crippen molar-refractivity contribution in [1.82, 2.24) is 14.1 Å². The Bertz CT molecular complexity index is 1360. The van der Waals surface area contributed by atoms with E-state index in [0.29, 0.717) is 59.5 Å². The zero-order valence-electron chi connectivity index (χ0n) is 20.5. The fourth-order valence-electron chi connectivity index (χ4n) is 5.88. The van der Waals surface area contributed by atoms with Gasteiger partial charge in [-0.1, -0.05) is 11.6 Å². The molecule has 3 aliphatic heterocycles. The molecule has 1 saturated carbocycles. The Morgan fingerprint density at radius 1 is 1.11 bits per heavy atom. The maximum Gasteiger partial charge on any atom is 0.410 e. The van der Waals surface area contributed by atoms with Gasteiger partial charge in [0.2, 0.25) is 0 Å². The van der Waals surface area contributed by atoms with E-state index >= 15 is 4.21 Å². The molecule has 2 aromatic rings. The molecule has 0 bridgehead atoms. The number of nitrogens with zero attached hydrogens (tertiary/aromatic N) is 3. The van der Waals surface area contributed by atoms with Crippen LogP contribution in [0.2, 0.25) is 5.02 Å². The molecule has 3 fully saturated rings. The van der Waals surface area contributed by atoms with Gasteiger partial charge >= 0.3 is 6.09 Å². The predicted molar refractivity (Wildman–Crippen MR) is 137 cm³/mol. The van der Waals surface area contributed by atoms with E-state index in [1.165, 1.54) is 12.1 Å². The number of amides is 1. The molecule has 1 amide bonds. The number of benzene rings is 2. The third-order valence-corrected chi connectivity index (χ3v) is 11.2. The first kappa shape index (κ1) is 26.0. The molecule has 4 atom stereocenters. The summed E-state index contributed by atoms with van der Waals surface area (Å²) in [6.45, 7) is 2.97. The van der Waals surface area contributed by atoms with E-state index in [4.69, 9.17) is 21.1 Å². The number of carbonyl (C=O) groups excluding carboxylic acids is 1. The van der Waals surface area contributed by atoms with Crippen LogP contribution in [0.1, 0.15) is 18.0 Å². The summed E-state index contributed by atoms with van der Waals surface area (Å²) >= 11 is 6.11. The van der Waals surface area contributed by atoms with Crippen molar-refractivity contribution in [1.29, 1.82) is 0 Å². The highest BCUT2D eigenvalue weighted by Gasteiger charge is 2.72. The van der Waals surface area contributed by atoms with Gasteiger partial charge in [-0.15, -0.1) is 0 Å². The van der Waals surface area contributed by atoms with Crippen LogP contribution in [0, 0.1) is 11.6 Å². The first-order valence-electron chi connectivity index (χ1n) is 12.6. The van der Waals surface area contributed by atoms with Crippen molar-refractivity contribution in [3.8, 4) is 0 Å². The van der Waals surface area contributed by atoms with Gasteiger partial charge in [-0.2, -0.15) is 0 Å². The number of fused-ring (bicyclic) bond motifs is 3. The van der Waals surface area contributed by atoms with E-state index in [-0.39, 0.29) is 19.8 Å². The van der Waals surface area contributed by atoms with Gasteiger partial charge in [0.15, 0.2) is 5.60 Å². The van der Waals surface area contributed by atoms with Crippen LogP contribution < -0.4 is 0 Å². The Morgan fingerprint density at radius 2 is 1.79 bits per heavy atom. The average molecular weight is 568 g/mol. The molecule has 204 valence electrons. The first-order valence-corrected chi connectivity index (χ1v) is 14.4. The number of carbonyl (C=O) groups is 1. The number of aliphatic hydroxyl groups excluding tert-OH is 1. The molecule has 1 N–H and O–H groups in total. The third kappa shape index (κ3) is 4.20. The van der Waals surface area contributed by atoms with Gasteiger partial charge in [-0.25, -0.2) is 22.1 Å². The number of aliphatic hydroxyl groups is 1. The Hall–Kier alpha value is -2.28. The molecule has 6 rings (SSSR count). The number of ether oxygens (including phenoxy) is 2. The number of morpholine rings is 1. The van der Waals surface area contributed by atoms with Crippen molar-refractivity contribution in [3.63, 3.8) is 0 Å². The van der Waals surface area contributed by atoms with Crippen LogP contribution in [0.5, 0.6) is 0 Å². The van der Waals surface area contributed by atoms with Gasteiger partial charge in [0.05, 0.1) is 46.5 Å². The van der Waals surface area contributed by atoms with Crippen LogP contribution in [0.15, 0.2) is 47.4 Å². The van der Waals surface area contributed by atoms with Crippen molar-refractivity contribution >= 4 is 32.3 Å². The Kier molecular flexibility index (Phi) is 6.64. The van der Waals surface area contributed by atoms with Crippen molar-refractivity contribution in [2.24, 2.45) is 0 Å². The summed E-state index contributed by atoms with van der Waals surface area (Å²) in [5.41, 5.74) is -0.821. The second-order valence-electron chi connectivity index (χ2n) is 10.0. The smallest absolute Gasteiger partial charge is 0.410 e. The van der Waals surface area contributed by atoms with E-state index < -0.39 is 45.1 Å². The number of rotatable bonds is 5. The Balaban J connectivity index is 1.37. The lowest BCUT2D eigenvalue weighted by Crippen LogP contribution is -2.55. The summed E-state index contributed by atoms with van der Waals surface area (Å²) in [6.07, 6.45) is -0.179. The summed E-state index contributed by atoms with van der Waals surface area (Å²) < 4.78 is 57.3. The highest BCUT2D eigenvalue weighted by molar-refractivity contribution is 8.01.